The normalized spacial score (nSPS) is 27.7. The van der Waals surface area contributed by atoms with E-state index >= 15 is 0 Å². The lowest BCUT2D eigenvalue weighted by Gasteiger charge is -2.43. The summed E-state index contributed by atoms with van der Waals surface area (Å²) < 4.78 is 0. The molecule has 0 spiro atoms. The molecular formula is C20H28N4OS. The van der Waals surface area contributed by atoms with E-state index in [1.807, 2.05) is 5.38 Å². The highest BCUT2D eigenvalue weighted by Gasteiger charge is 2.36. The van der Waals surface area contributed by atoms with Gasteiger partial charge in [-0.3, -0.25) is 9.69 Å². The zero-order valence-corrected chi connectivity index (χ0v) is 16.2. The quantitative estimate of drug-likeness (QED) is 0.760. The van der Waals surface area contributed by atoms with E-state index in [9.17, 15) is 4.79 Å². The van der Waals surface area contributed by atoms with Crippen LogP contribution in [0.4, 0.5) is 0 Å². The van der Waals surface area contributed by atoms with Crippen molar-refractivity contribution in [2.24, 2.45) is 5.92 Å². The molecule has 3 aliphatic rings. The summed E-state index contributed by atoms with van der Waals surface area (Å²) in [7, 11) is 0. The Balaban J connectivity index is 1.41. The number of carbonyl (C=O) groups is 1. The highest BCUT2D eigenvalue weighted by molar-refractivity contribution is 7.09. The SMILES string of the molecule is N#CCN1CCC(c2nc(C(=O)N3CCCC4CCCCC43)cs2)CC1. The van der Waals surface area contributed by atoms with Crippen molar-refractivity contribution in [1.29, 1.82) is 5.26 Å². The van der Waals surface area contributed by atoms with Gasteiger partial charge in [-0.05, 0) is 57.5 Å². The van der Waals surface area contributed by atoms with Crippen LogP contribution in [0.5, 0.6) is 0 Å². The molecule has 2 unspecified atom stereocenters. The van der Waals surface area contributed by atoms with Gasteiger partial charge in [0.05, 0.1) is 17.6 Å². The number of hydrogen-bond acceptors (Lipinski definition) is 5. The fraction of sp³-hybridized carbons (Fsp3) is 0.750. The lowest BCUT2D eigenvalue weighted by molar-refractivity contribution is 0.0385. The molecule has 2 saturated heterocycles. The Bertz CT molecular complexity index is 672. The Hall–Kier alpha value is -1.45. The molecule has 4 rings (SSSR count). The first kappa shape index (κ1) is 17.9. The third-order valence-electron chi connectivity index (χ3n) is 6.48. The van der Waals surface area contributed by atoms with E-state index in [0.29, 0.717) is 30.1 Å². The van der Waals surface area contributed by atoms with Crippen LogP contribution in [0.15, 0.2) is 5.38 Å². The van der Waals surface area contributed by atoms with Crippen molar-refractivity contribution in [3.8, 4) is 6.07 Å². The van der Waals surface area contributed by atoms with Crippen LogP contribution in [0.2, 0.25) is 0 Å². The van der Waals surface area contributed by atoms with Gasteiger partial charge >= 0.3 is 0 Å². The van der Waals surface area contributed by atoms with Gasteiger partial charge in [0.15, 0.2) is 0 Å². The average molecular weight is 373 g/mol. The number of amides is 1. The van der Waals surface area contributed by atoms with Crippen LogP contribution in [0.1, 0.15) is 72.8 Å². The maximum Gasteiger partial charge on any atom is 0.273 e. The van der Waals surface area contributed by atoms with Crippen molar-refractivity contribution in [2.45, 2.75) is 63.3 Å². The molecule has 3 heterocycles. The predicted octanol–water partition coefficient (Wildman–Crippen LogP) is 3.64. The molecule has 1 aromatic rings. The van der Waals surface area contributed by atoms with E-state index in [4.69, 9.17) is 10.2 Å². The molecule has 2 aliphatic heterocycles. The van der Waals surface area contributed by atoms with Crippen molar-refractivity contribution >= 4 is 17.2 Å². The molecule has 5 nitrogen and oxygen atoms in total. The van der Waals surface area contributed by atoms with Crippen LogP contribution >= 0.6 is 11.3 Å². The second-order valence-electron chi connectivity index (χ2n) is 8.03. The highest BCUT2D eigenvalue weighted by Crippen LogP contribution is 2.36. The Morgan fingerprint density at radius 1 is 1.15 bits per heavy atom. The number of hydrogen-bond donors (Lipinski definition) is 0. The van der Waals surface area contributed by atoms with Crippen LogP contribution in [0, 0.1) is 17.2 Å². The summed E-state index contributed by atoms with van der Waals surface area (Å²) in [6, 6.07) is 2.68. The number of nitrogens with zero attached hydrogens (tertiary/aromatic N) is 4. The predicted molar refractivity (Wildman–Crippen MR) is 102 cm³/mol. The van der Waals surface area contributed by atoms with Crippen molar-refractivity contribution in [1.82, 2.24) is 14.8 Å². The third-order valence-corrected chi connectivity index (χ3v) is 7.48. The molecule has 0 bridgehead atoms. The molecule has 1 aromatic heterocycles. The summed E-state index contributed by atoms with van der Waals surface area (Å²) in [4.78, 5) is 22.2. The van der Waals surface area contributed by atoms with E-state index in [-0.39, 0.29) is 5.91 Å². The Labute approximate surface area is 160 Å². The number of nitriles is 1. The minimum atomic E-state index is 0.158. The molecule has 140 valence electrons. The number of rotatable bonds is 3. The van der Waals surface area contributed by atoms with Gasteiger partial charge in [0, 0.05) is 23.9 Å². The molecule has 1 aliphatic carbocycles. The minimum Gasteiger partial charge on any atom is -0.334 e. The second kappa shape index (κ2) is 8.06. The minimum absolute atomic E-state index is 0.158. The maximum atomic E-state index is 13.1. The van der Waals surface area contributed by atoms with Gasteiger partial charge in [-0.1, -0.05) is 12.8 Å². The molecule has 0 N–H and O–H groups in total. The molecule has 0 radical (unpaired) electrons. The highest BCUT2D eigenvalue weighted by atomic mass is 32.1. The summed E-state index contributed by atoms with van der Waals surface area (Å²) in [5, 5.41) is 11.9. The van der Waals surface area contributed by atoms with E-state index < -0.39 is 0 Å². The summed E-state index contributed by atoms with van der Waals surface area (Å²) >= 11 is 1.65. The van der Waals surface area contributed by atoms with Crippen LogP contribution in [-0.2, 0) is 0 Å². The zero-order valence-electron chi connectivity index (χ0n) is 15.4. The number of fused-ring (bicyclic) bond motifs is 1. The number of piperidine rings is 2. The smallest absolute Gasteiger partial charge is 0.273 e. The fourth-order valence-corrected chi connectivity index (χ4v) is 6.00. The van der Waals surface area contributed by atoms with Gasteiger partial charge in [-0.25, -0.2) is 4.98 Å². The van der Waals surface area contributed by atoms with Gasteiger partial charge in [-0.15, -0.1) is 11.3 Å². The van der Waals surface area contributed by atoms with Crippen molar-refractivity contribution < 1.29 is 4.79 Å². The lowest BCUT2D eigenvalue weighted by atomic mass is 9.78. The number of likely N-dealkylation sites (tertiary alicyclic amines) is 2. The third kappa shape index (κ3) is 3.65. The van der Waals surface area contributed by atoms with E-state index in [1.54, 1.807) is 11.3 Å². The van der Waals surface area contributed by atoms with Crippen molar-refractivity contribution in [3.05, 3.63) is 16.1 Å². The largest absolute Gasteiger partial charge is 0.334 e. The first-order chi connectivity index (χ1) is 12.8. The number of thiazole rings is 1. The molecule has 1 amide bonds. The van der Waals surface area contributed by atoms with Crippen LogP contribution in [0.3, 0.4) is 0 Å². The molecular weight excluding hydrogens is 344 g/mol. The topological polar surface area (TPSA) is 60.2 Å². The maximum absolute atomic E-state index is 13.1. The summed E-state index contributed by atoms with van der Waals surface area (Å²) in [5.74, 6) is 1.32. The second-order valence-corrected chi connectivity index (χ2v) is 8.92. The van der Waals surface area contributed by atoms with Gasteiger partial charge in [0.2, 0.25) is 0 Å². The van der Waals surface area contributed by atoms with Gasteiger partial charge in [0.25, 0.3) is 5.91 Å². The van der Waals surface area contributed by atoms with Crippen LogP contribution < -0.4 is 0 Å². The Kier molecular flexibility index (Phi) is 5.56. The summed E-state index contributed by atoms with van der Waals surface area (Å²) in [6.07, 6.45) is 9.56. The molecule has 26 heavy (non-hydrogen) atoms. The summed E-state index contributed by atoms with van der Waals surface area (Å²) in [6.45, 7) is 3.33. The summed E-state index contributed by atoms with van der Waals surface area (Å²) in [5.41, 5.74) is 0.663. The van der Waals surface area contributed by atoms with Crippen molar-refractivity contribution in [3.63, 3.8) is 0 Å². The molecule has 0 aromatic carbocycles. The lowest BCUT2D eigenvalue weighted by Crippen LogP contribution is -2.49. The standard InChI is InChI=1S/C20H28N4OS/c21-9-13-23-11-7-16(8-12-23)19-22-17(14-26-19)20(25)24-10-3-5-15-4-1-2-6-18(15)24/h14-16,18H,1-8,10-13H2. The molecule has 2 atom stereocenters. The first-order valence-electron chi connectivity index (χ1n) is 10.1. The van der Waals surface area contributed by atoms with E-state index in [1.165, 1.54) is 32.1 Å². The van der Waals surface area contributed by atoms with Gasteiger partial charge in [0.1, 0.15) is 5.69 Å². The van der Waals surface area contributed by atoms with E-state index in [2.05, 4.69) is 15.9 Å². The van der Waals surface area contributed by atoms with Crippen LogP contribution in [-0.4, -0.2) is 52.9 Å². The van der Waals surface area contributed by atoms with Crippen molar-refractivity contribution in [2.75, 3.05) is 26.2 Å². The van der Waals surface area contributed by atoms with Crippen LogP contribution in [0.25, 0.3) is 0 Å². The van der Waals surface area contributed by atoms with Gasteiger partial charge in [-0.2, -0.15) is 5.26 Å². The monoisotopic (exact) mass is 372 g/mol. The zero-order chi connectivity index (χ0) is 17.9. The molecule has 3 fully saturated rings. The first-order valence-corrected chi connectivity index (χ1v) is 11.0. The Morgan fingerprint density at radius 3 is 2.73 bits per heavy atom. The number of aromatic nitrogens is 1. The molecule has 6 heteroatoms. The Morgan fingerprint density at radius 2 is 1.92 bits per heavy atom. The fourth-order valence-electron chi connectivity index (χ4n) is 5.04. The average Bonchev–Trinajstić information content (AvgIpc) is 3.18. The molecule has 1 saturated carbocycles. The van der Waals surface area contributed by atoms with Gasteiger partial charge < -0.3 is 4.90 Å². The number of carbonyl (C=O) groups excluding carboxylic acids is 1. The van der Waals surface area contributed by atoms with E-state index in [0.717, 1.165) is 43.9 Å².